The van der Waals surface area contributed by atoms with Crippen LogP contribution in [0.15, 0.2) is 15.6 Å². The van der Waals surface area contributed by atoms with Crippen LogP contribution in [0.3, 0.4) is 0 Å². The molecule has 0 unspecified atom stereocenters. The van der Waals surface area contributed by atoms with Crippen LogP contribution < -0.4 is 0 Å². The van der Waals surface area contributed by atoms with Gasteiger partial charge in [-0.3, -0.25) is 0 Å². The smallest absolute Gasteiger partial charge is 0.341 e. The van der Waals surface area contributed by atoms with Gasteiger partial charge in [0, 0.05) is 12.3 Å². The van der Waals surface area contributed by atoms with E-state index in [1.54, 1.807) is 24.8 Å². The van der Waals surface area contributed by atoms with Gasteiger partial charge in [-0.1, -0.05) is 11.8 Å². The van der Waals surface area contributed by atoms with Gasteiger partial charge in [0.05, 0.1) is 31.2 Å². The van der Waals surface area contributed by atoms with Gasteiger partial charge in [0.25, 0.3) is 0 Å². The zero-order chi connectivity index (χ0) is 18.0. The molecule has 0 bridgehead atoms. The van der Waals surface area contributed by atoms with Gasteiger partial charge in [-0.15, -0.1) is 0 Å². The van der Waals surface area contributed by atoms with E-state index in [-0.39, 0.29) is 12.1 Å². The molecule has 0 aromatic carbocycles. The summed E-state index contributed by atoms with van der Waals surface area (Å²) >= 11 is 1.61. The van der Waals surface area contributed by atoms with Crippen molar-refractivity contribution < 1.29 is 18.7 Å². The lowest BCUT2D eigenvalue weighted by Crippen LogP contribution is -2.16. The van der Waals surface area contributed by atoms with Crippen molar-refractivity contribution in [3.8, 4) is 0 Å². The molecular weight excluding hydrogens is 340 g/mol. The maximum atomic E-state index is 11.7. The Labute approximate surface area is 151 Å². The van der Waals surface area contributed by atoms with E-state index in [0.29, 0.717) is 17.1 Å². The molecule has 1 atom stereocenters. The summed E-state index contributed by atoms with van der Waals surface area (Å²) in [6.07, 6.45) is 2.49. The normalized spacial score (nSPS) is 17.2. The number of hydrogen-bond acceptors (Lipinski definition) is 6. The first-order valence-electron chi connectivity index (χ1n) is 8.45. The quantitative estimate of drug-likeness (QED) is 0.576. The summed E-state index contributed by atoms with van der Waals surface area (Å²) < 4.78 is 18.5. The average Bonchev–Trinajstić information content (AvgIpc) is 3.29. The fraction of sp³-hybridized carbons (Fsp3) is 0.556. The van der Waals surface area contributed by atoms with Crippen LogP contribution in [0.5, 0.6) is 0 Å². The van der Waals surface area contributed by atoms with E-state index in [1.165, 1.54) is 12.8 Å². The molecule has 0 amide bonds. The van der Waals surface area contributed by atoms with E-state index in [0.717, 1.165) is 42.6 Å². The fourth-order valence-electron chi connectivity index (χ4n) is 3.00. The van der Waals surface area contributed by atoms with E-state index in [4.69, 9.17) is 13.9 Å². The number of aryl methyl sites for hydroxylation is 2. The first-order valence-corrected chi connectivity index (χ1v) is 9.44. The Hall–Kier alpha value is -1.73. The molecule has 7 heteroatoms. The van der Waals surface area contributed by atoms with Crippen LogP contribution in [0.25, 0.3) is 0 Å². The van der Waals surface area contributed by atoms with Crippen LogP contribution in [0, 0.1) is 20.8 Å². The summed E-state index contributed by atoms with van der Waals surface area (Å²) in [5.41, 5.74) is 2.68. The maximum absolute atomic E-state index is 11.7. The minimum Gasteiger partial charge on any atom is -0.465 e. The van der Waals surface area contributed by atoms with E-state index < -0.39 is 0 Å². The number of methoxy groups -OCH3 is 1. The van der Waals surface area contributed by atoms with Crippen LogP contribution in [-0.4, -0.2) is 35.3 Å². The molecule has 0 saturated carbocycles. The molecule has 1 aliphatic heterocycles. The van der Waals surface area contributed by atoms with Crippen molar-refractivity contribution in [2.24, 2.45) is 0 Å². The van der Waals surface area contributed by atoms with Gasteiger partial charge in [0.15, 0.2) is 5.16 Å². The Kier molecular flexibility index (Phi) is 5.54. The van der Waals surface area contributed by atoms with Crippen LogP contribution in [0.4, 0.5) is 0 Å². The highest BCUT2D eigenvalue weighted by molar-refractivity contribution is 7.98. The Morgan fingerprint density at radius 2 is 2.24 bits per heavy atom. The Bertz CT molecular complexity index is 759. The van der Waals surface area contributed by atoms with Gasteiger partial charge in [0.2, 0.25) is 0 Å². The van der Waals surface area contributed by atoms with E-state index in [1.807, 2.05) is 6.92 Å². The van der Waals surface area contributed by atoms with Crippen LogP contribution >= 0.6 is 11.8 Å². The molecule has 0 radical (unpaired) electrons. The molecule has 1 aliphatic rings. The SMILES string of the molecule is COC(=O)c1cc(CSc2nc(C)c(C)n2C[C@@H]2CCCO2)oc1C. The van der Waals surface area contributed by atoms with Gasteiger partial charge < -0.3 is 18.5 Å². The zero-order valence-corrected chi connectivity index (χ0v) is 15.9. The van der Waals surface area contributed by atoms with Crippen molar-refractivity contribution in [3.63, 3.8) is 0 Å². The number of imidazole rings is 1. The van der Waals surface area contributed by atoms with Crippen molar-refractivity contribution in [3.05, 3.63) is 34.5 Å². The summed E-state index contributed by atoms with van der Waals surface area (Å²) in [7, 11) is 1.37. The minimum atomic E-state index is -0.371. The fourth-order valence-corrected chi connectivity index (χ4v) is 3.99. The topological polar surface area (TPSA) is 66.5 Å². The predicted molar refractivity (Wildman–Crippen MR) is 95.0 cm³/mol. The summed E-state index contributed by atoms with van der Waals surface area (Å²) in [6.45, 7) is 7.57. The molecule has 136 valence electrons. The second-order valence-electron chi connectivity index (χ2n) is 6.27. The number of esters is 1. The van der Waals surface area contributed by atoms with Gasteiger partial charge in [-0.05, 0) is 39.7 Å². The minimum absolute atomic E-state index is 0.267. The number of furan rings is 1. The van der Waals surface area contributed by atoms with Crippen molar-refractivity contribution in [2.45, 2.75) is 57.2 Å². The van der Waals surface area contributed by atoms with Crippen LogP contribution in [-0.2, 0) is 21.8 Å². The highest BCUT2D eigenvalue weighted by Gasteiger charge is 2.21. The third kappa shape index (κ3) is 3.93. The molecule has 3 heterocycles. The molecular formula is C18H24N2O4S. The molecule has 1 saturated heterocycles. The van der Waals surface area contributed by atoms with Crippen molar-refractivity contribution in [2.75, 3.05) is 13.7 Å². The first-order chi connectivity index (χ1) is 12.0. The van der Waals surface area contributed by atoms with Gasteiger partial charge in [-0.2, -0.15) is 0 Å². The monoisotopic (exact) mass is 364 g/mol. The molecule has 0 N–H and O–H groups in total. The summed E-state index contributed by atoms with van der Waals surface area (Å²) in [5.74, 6) is 1.56. The molecule has 2 aromatic heterocycles. The van der Waals surface area contributed by atoms with Gasteiger partial charge in [-0.25, -0.2) is 9.78 Å². The number of ether oxygens (including phenoxy) is 2. The number of hydrogen-bond donors (Lipinski definition) is 0. The third-order valence-electron chi connectivity index (χ3n) is 4.55. The summed E-state index contributed by atoms with van der Waals surface area (Å²) in [5, 5.41) is 0.958. The van der Waals surface area contributed by atoms with Crippen molar-refractivity contribution >= 4 is 17.7 Å². The Balaban J connectivity index is 1.72. The van der Waals surface area contributed by atoms with Crippen molar-refractivity contribution in [1.82, 2.24) is 9.55 Å². The van der Waals surface area contributed by atoms with E-state index >= 15 is 0 Å². The summed E-state index contributed by atoms with van der Waals surface area (Å²) in [4.78, 5) is 16.4. The molecule has 25 heavy (non-hydrogen) atoms. The lowest BCUT2D eigenvalue weighted by molar-refractivity contribution is 0.0598. The first kappa shape index (κ1) is 18.1. The Morgan fingerprint density at radius 3 is 2.92 bits per heavy atom. The molecule has 0 aliphatic carbocycles. The second kappa shape index (κ2) is 7.66. The second-order valence-corrected chi connectivity index (χ2v) is 7.22. The number of carbonyl (C=O) groups is 1. The lowest BCUT2D eigenvalue weighted by Gasteiger charge is -2.14. The number of thioether (sulfide) groups is 1. The summed E-state index contributed by atoms with van der Waals surface area (Å²) in [6, 6.07) is 1.75. The van der Waals surface area contributed by atoms with E-state index in [2.05, 4.69) is 16.5 Å². The average molecular weight is 364 g/mol. The molecule has 2 aromatic rings. The predicted octanol–water partition coefficient (Wildman–Crippen LogP) is 3.66. The van der Waals surface area contributed by atoms with Gasteiger partial charge in [0.1, 0.15) is 17.1 Å². The molecule has 3 rings (SSSR count). The van der Waals surface area contributed by atoms with Crippen molar-refractivity contribution in [1.29, 1.82) is 0 Å². The third-order valence-corrected chi connectivity index (χ3v) is 5.55. The number of aromatic nitrogens is 2. The molecule has 0 spiro atoms. The van der Waals surface area contributed by atoms with Crippen LogP contribution in [0.1, 0.15) is 46.1 Å². The highest BCUT2D eigenvalue weighted by atomic mass is 32.2. The Morgan fingerprint density at radius 1 is 1.44 bits per heavy atom. The van der Waals surface area contributed by atoms with E-state index in [9.17, 15) is 4.79 Å². The van der Waals surface area contributed by atoms with Gasteiger partial charge >= 0.3 is 5.97 Å². The lowest BCUT2D eigenvalue weighted by atomic mass is 10.2. The van der Waals surface area contributed by atoms with Crippen LogP contribution in [0.2, 0.25) is 0 Å². The molecule has 6 nitrogen and oxygen atoms in total. The number of nitrogens with zero attached hydrogens (tertiary/aromatic N) is 2. The number of rotatable bonds is 6. The maximum Gasteiger partial charge on any atom is 0.341 e. The largest absolute Gasteiger partial charge is 0.465 e. The zero-order valence-electron chi connectivity index (χ0n) is 15.1. The standard InChI is InChI=1S/C18H24N2O4S/c1-11-12(2)20(9-14-6-5-7-23-14)18(19-11)25-10-15-8-16(13(3)24-15)17(21)22-4/h8,14H,5-7,9-10H2,1-4H3/t14-/m0/s1. The highest BCUT2D eigenvalue weighted by Crippen LogP contribution is 2.28. The number of carbonyl (C=O) groups excluding carboxylic acids is 1. The molecule has 1 fully saturated rings.